The van der Waals surface area contributed by atoms with Gasteiger partial charge in [0.2, 0.25) is 0 Å². The van der Waals surface area contributed by atoms with Crippen LogP contribution in [-0.4, -0.2) is 20.6 Å². The molecular weight excluding hydrogens is 329 g/mol. The molecule has 0 aliphatic rings. The van der Waals surface area contributed by atoms with E-state index in [0.29, 0.717) is 10.7 Å². The van der Waals surface area contributed by atoms with Gasteiger partial charge in [0, 0.05) is 23.1 Å². The third-order valence-corrected chi connectivity index (χ3v) is 2.81. The molecule has 19 heavy (non-hydrogen) atoms. The summed E-state index contributed by atoms with van der Waals surface area (Å²) in [5.41, 5.74) is -2.01. The molecule has 0 saturated heterocycles. The first-order valence-electron chi connectivity index (χ1n) is 4.93. The number of pyridine rings is 1. The molecule has 4 nitrogen and oxygen atoms in total. The summed E-state index contributed by atoms with van der Waals surface area (Å²) in [6.45, 7) is 0. The molecule has 0 aliphatic carbocycles. The van der Waals surface area contributed by atoms with Crippen LogP contribution in [0.3, 0.4) is 0 Å². The number of halogens is 4. The molecule has 0 saturated carbocycles. The molecule has 0 bridgehead atoms. The Kier molecular flexibility index (Phi) is 3.36. The van der Waals surface area contributed by atoms with Crippen molar-refractivity contribution in [2.24, 2.45) is 0 Å². The van der Waals surface area contributed by atoms with E-state index in [1.165, 1.54) is 12.3 Å². The molecule has 100 valence electrons. The smallest absolute Gasteiger partial charge is 0.418 e. The first-order valence-corrected chi connectivity index (χ1v) is 5.73. The normalized spacial score (nSPS) is 11.6. The lowest BCUT2D eigenvalue weighted by atomic mass is 10.2. The maximum absolute atomic E-state index is 12.7. The largest absolute Gasteiger partial charge is 0.478 e. The lowest BCUT2D eigenvalue weighted by Gasteiger charge is -2.04. The highest BCUT2D eigenvalue weighted by atomic mass is 79.9. The fraction of sp³-hybridized carbons (Fsp3) is 0.0909. The van der Waals surface area contributed by atoms with Crippen LogP contribution in [0.1, 0.15) is 15.9 Å². The number of aromatic nitrogens is 2. The zero-order valence-corrected chi connectivity index (χ0v) is 10.7. The number of alkyl halides is 3. The van der Waals surface area contributed by atoms with Crippen LogP contribution in [0, 0.1) is 0 Å². The second kappa shape index (κ2) is 4.69. The summed E-state index contributed by atoms with van der Waals surface area (Å²) in [5, 5.41) is 8.79. The fourth-order valence-corrected chi connectivity index (χ4v) is 1.74. The lowest BCUT2D eigenvalue weighted by molar-refractivity contribution is -0.138. The minimum absolute atomic E-state index is 0.196. The average Bonchev–Trinajstić information content (AvgIpc) is 2.74. The molecular formula is C11H6BrF3N2O2. The first-order chi connectivity index (χ1) is 8.79. The zero-order valence-electron chi connectivity index (χ0n) is 9.15. The van der Waals surface area contributed by atoms with Crippen molar-refractivity contribution in [3.8, 4) is 5.82 Å². The molecule has 0 atom stereocenters. The molecule has 0 spiro atoms. The fourth-order valence-electron chi connectivity index (χ4n) is 1.50. The number of nitrogens with zero attached hydrogens (tertiary/aromatic N) is 2. The van der Waals surface area contributed by atoms with Crippen LogP contribution < -0.4 is 0 Å². The molecule has 2 heterocycles. The predicted molar refractivity (Wildman–Crippen MR) is 63.2 cm³/mol. The maximum atomic E-state index is 12.7. The molecule has 8 heteroatoms. The van der Waals surface area contributed by atoms with Gasteiger partial charge >= 0.3 is 12.1 Å². The van der Waals surface area contributed by atoms with Crippen molar-refractivity contribution in [1.82, 2.24) is 9.55 Å². The third kappa shape index (κ3) is 2.78. The Balaban J connectivity index is 2.55. The van der Waals surface area contributed by atoms with Crippen molar-refractivity contribution >= 4 is 21.9 Å². The molecule has 0 fully saturated rings. The van der Waals surface area contributed by atoms with Crippen LogP contribution in [0.25, 0.3) is 5.82 Å². The summed E-state index contributed by atoms with van der Waals surface area (Å²) in [7, 11) is 0. The Hall–Kier alpha value is -1.83. The number of carboxylic acid groups (broad SMARTS) is 1. The minimum Gasteiger partial charge on any atom is -0.478 e. The molecule has 0 unspecified atom stereocenters. The van der Waals surface area contributed by atoms with Gasteiger partial charge in [0.05, 0.1) is 11.1 Å². The number of carboxylic acids is 1. The van der Waals surface area contributed by atoms with Gasteiger partial charge in [0.15, 0.2) is 0 Å². The SMILES string of the molecule is O=C(O)c1cn(-c2ccc(Br)cn2)cc1C(F)(F)F. The van der Waals surface area contributed by atoms with Crippen LogP contribution >= 0.6 is 15.9 Å². The summed E-state index contributed by atoms with van der Waals surface area (Å²) in [4.78, 5) is 14.7. The Morgan fingerprint density at radius 2 is 2.00 bits per heavy atom. The standard InChI is InChI=1S/C11H6BrF3N2O2/c12-6-1-2-9(16-3-6)17-4-7(10(18)19)8(5-17)11(13,14)15/h1-5H,(H,18,19). The van der Waals surface area contributed by atoms with Gasteiger partial charge in [0.1, 0.15) is 5.82 Å². The average molecular weight is 335 g/mol. The molecule has 0 radical (unpaired) electrons. The highest BCUT2D eigenvalue weighted by Gasteiger charge is 2.37. The number of hydrogen-bond donors (Lipinski definition) is 1. The van der Waals surface area contributed by atoms with Gasteiger partial charge in [-0.15, -0.1) is 0 Å². The van der Waals surface area contributed by atoms with Crippen molar-refractivity contribution in [2.45, 2.75) is 6.18 Å². The summed E-state index contributed by atoms with van der Waals surface area (Å²) in [5.74, 6) is -1.44. The number of hydrogen-bond acceptors (Lipinski definition) is 2. The van der Waals surface area contributed by atoms with Crippen LogP contribution in [0.4, 0.5) is 13.2 Å². The van der Waals surface area contributed by atoms with Crippen LogP contribution in [0.15, 0.2) is 35.2 Å². The second-order valence-electron chi connectivity index (χ2n) is 3.63. The van der Waals surface area contributed by atoms with E-state index in [1.54, 1.807) is 6.07 Å². The Labute approximate surface area is 113 Å². The quantitative estimate of drug-likeness (QED) is 0.916. The van der Waals surface area contributed by atoms with Crippen LogP contribution in [0.5, 0.6) is 0 Å². The zero-order chi connectivity index (χ0) is 14.2. The van der Waals surface area contributed by atoms with E-state index < -0.39 is 23.3 Å². The summed E-state index contributed by atoms with van der Waals surface area (Å²) in [6.07, 6.45) is -1.72. The van der Waals surface area contributed by atoms with Gasteiger partial charge in [-0.05, 0) is 28.1 Å². The number of carbonyl (C=O) groups is 1. The lowest BCUT2D eigenvalue weighted by Crippen LogP contribution is -2.09. The molecule has 2 aromatic rings. The van der Waals surface area contributed by atoms with Crippen LogP contribution in [0.2, 0.25) is 0 Å². The molecule has 0 aliphatic heterocycles. The van der Waals surface area contributed by atoms with E-state index in [-0.39, 0.29) is 5.82 Å². The van der Waals surface area contributed by atoms with Gasteiger partial charge in [-0.2, -0.15) is 13.2 Å². The van der Waals surface area contributed by atoms with E-state index in [0.717, 1.165) is 10.8 Å². The maximum Gasteiger partial charge on any atom is 0.418 e. The molecule has 0 aromatic carbocycles. The van der Waals surface area contributed by atoms with E-state index in [4.69, 9.17) is 5.11 Å². The summed E-state index contributed by atoms with van der Waals surface area (Å²) >= 11 is 3.15. The van der Waals surface area contributed by atoms with Crippen molar-refractivity contribution in [3.63, 3.8) is 0 Å². The van der Waals surface area contributed by atoms with Crippen molar-refractivity contribution < 1.29 is 23.1 Å². The van der Waals surface area contributed by atoms with Gasteiger partial charge in [0.25, 0.3) is 0 Å². The topological polar surface area (TPSA) is 55.1 Å². The Morgan fingerprint density at radius 3 is 2.42 bits per heavy atom. The first kappa shape index (κ1) is 13.6. The summed E-state index contributed by atoms with van der Waals surface area (Å²) in [6, 6.07) is 3.06. The van der Waals surface area contributed by atoms with Gasteiger partial charge in [-0.25, -0.2) is 9.78 Å². The van der Waals surface area contributed by atoms with Crippen molar-refractivity contribution in [2.75, 3.05) is 0 Å². The number of aromatic carboxylic acids is 1. The highest BCUT2D eigenvalue weighted by molar-refractivity contribution is 9.10. The Bertz CT molecular complexity index is 620. The monoisotopic (exact) mass is 334 g/mol. The van der Waals surface area contributed by atoms with Crippen molar-refractivity contribution in [1.29, 1.82) is 0 Å². The highest BCUT2D eigenvalue weighted by Crippen LogP contribution is 2.33. The van der Waals surface area contributed by atoms with E-state index in [1.807, 2.05) is 0 Å². The predicted octanol–water partition coefficient (Wildman–Crippen LogP) is 3.35. The van der Waals surface area contributed by atoms with Crippen molar-refractivity contribution in [3.05, 3.63) is 46.3 Å². The van der Waals surface area contributed by atoms with E-state index in [9.17, 15) is 18.0 Å². The van der Waals surface area contributed by atoms with Gasteiger partial charge in [-0.1, -0.05) is 0 Å². The van der Waals surface area contributed by atoms with Crippen LogP contribution in [-0.2, 0) is 6.18 Å². The molecule has 2 rings (SSSR count). The number of rotatable bonds is 2. The second-order valence-corrected chi connectivity index (χ2v) is 4.55. The minimum atomic E-state index is -4.73. The molecule has 2 aromatic heterocycles. The third-order valence-electron chi connectivity index (χ3n) is 2.34. The Morgan fingerprint density at radius 1 is 1.32 bits per heavy atom. The van der Waals surface area contributed by atoms with Gasteiger partial charge in [-0.3, -0.25) is 0 Å². The van der Waals surface area contributed by atoms with E-state index >= 15 is 0 Å². The molecule has 1 N–H and O–H groups in total. The molecule has 0 amide bonds. The van der Waals surface area contributed by atoms with Gasteiger partial charge < -0.3 is 9.67 Å². The van der Waals surface area contributed by atoms with E-state index in [2.05, 4.69) is 20.9 Å². The summed E-state index contributed by atoms with van der Waals surface area (Å²) < 4.78 is 39.8.